The zero-order chi connectivity index (χ0) is 25.7. The van der Waals surface area contributed by atoms with Gasteiger partial charge in [0.05, 0.1) is 6.42 Å². The van der Waals surface area contributed by atoms with Crippen LogP contribution in [0.1, 0.15) is 98.1 Å². The van der Waals surface area contributed by atoms with Gasteiger partial charge in [-0.2, -0.15) is 0 Å². The third-order valence-electron chi connectivity index (χ3n) is 7.53. The van der Waals surface area contributed by atoms with E-state index in [1.165, 1.54) is 6.92 Å². The summed E-state index contributed by atoms with van der Waals surface area (Å²) in [5.74, 6) is 0.447. The molecule has 0 radical (unpaired) electrons. The zero-order valence-electron chi connectivity index (χ0n) is 21.8. The van der Waals surface area contributed by atoms with E-state index in [0.717, 1.165) is 59.9 Å². The maximum Gasteiger partial charge on any atom is 0.163 e. The summed E-state index contributed by atoms with van der Waals surface area (Å²) >= 11 is 0. The predicted octanol–water partition coefficient (Wildman–Crippen LogP) is 6.99. The van der Waals surface area contributed by atoms with Crippen LogP contribution >= 0.6 is 0 Å². The highest BCUT2D eigenvalue weighted by atomic mass is 16.1. The van der Waals surface area contributed by atoms with Gasteiger partial charge in [-0.25, -0.2) is 0 Å². The number of Topliss-reactive ketones (excluding diaryl/α,β-unsaturated/α-hetero) is 4. The topological polar surface area (TPSA) is 68.3 Å². The van der Waals surface area contributed by atoms with Crippen LogP contribution in [0, 0.1) is 24.7 Å². The van der Waals surface area contributed by atoms with Crippen LogP contribution < -0.4 is 0 Å². The van der Waals surface area contributed by atoms with Gasteiger partial charge in [0.15, 0.2) is 11.6 Å². The van der Waals surface area contributed by atoms with Crippen molar-refractivity contribution in [2.75, 3.05) is 0 Å². The summed E-state index contributed by atoms with van der Waals surface area (Å²) in [6, 6.07) is 11.7. The van der Waals surface area contributed by atoms with Gasteiger partial charge in [-0.1, -0.05) is 57.0 Å². The standard InChI is InChI=1S/C31H38O4/c1-6-9-24(27(7-2)29(34)14-19(3)32)15-22-16-26-12-13-28(20(4)31(26)30(35)17-22)25-11-8-10-23(18-25)21(5)33/h8,10-13,18,22,24,27H,6-7,9,14-17H2,1-5H3. The number of hydrogen-bond acceptors (Lipinski definition) is 4. The van der Waals surface area contributed by atoms with Crippen molar-refractivity contribution in [1.29, 1.82) is 0 Å². The highest BCUT2D eigenvalue weighted by molar-refractivity contribution is 6.02. The first-order valence-corrected chi connectivity index (χ1v) is 12.9. The van der Waals surface area contributed by atoms with Crippen molar-refractivity contribution in [2.24, 2.45) is 17.8 Å². The average molecular weight is 475 g/mol. The Kier molecular flexibility index (Phi) is 8.93. The molecule has 2 aromatic carbocycles. The Balaban J connectivity index is 1.85. The molecule has 2 aromatic rings. The van der Waals surface area contributed by atoms with Gasteiger partial charge < -0.3 is 0 Å². The molecule has 4 heteroatoms. The van der Waals surface area contributed by atoms with E-state index in [2.05, 4.69) is 19.1 Å². The summed E-state index contributed by atoms with van der Waals surface area (Å²) in [4.78, 5) is 49.5. The lowest BCUT2D eigenvalue weighted by atomic mass is 9.71. The first kappa shape index (κ1) is 26.7. The molecule has 3 atom stereocenters. The minimum Gasteiger partial charge on any atom is -0.300 e. The molecule has 4 nitrogen and oxygen atoms in total. The molecule has 0 fully saturated rings. The average Bonchev–Trinajstić information content (AvgIpc) is 2.79. The van der Waals surface area contributed by atoms with Crippen LogP contribution in [0.25, 0.3) is 11.1 Å². The van der Waals surface area contributed by atoms with E-state index in [1.807, 2.05) is 38.1 Å². The Bertz CT molecular complexity index is 1130. The largest absolute Gasteiger partial charge is 0.300 e. The third kappa shape index (κ3) is 6.22. The van der Waals surface area contributed by atoms with Crippen molar-refractivity contribution in [3.8, 4) is 11.1 Å². The summed E-state index contributed by atoms with van der Waals surface area (Å²) < 4.78 is 0. The zero-order valence-corrected chi connectivity index (χ0v) is 21.8. The number of benzene rings is 2. The normalized spacial score (nSPS) is 16.9. The Labute approximate surface area is 209 Å². The van der Waals surface area contributed by atoms with Crippen LogP contribution in [-0.2, 0) is 16.0 Å². The molecule has 0 saturated carbocycles. The minimum absolute atomic E-state index is 0.0119. The Morgan fingerprint density at radius 1 is 1.03 bits per heavy atom. The second-order valence-electron chi connectivity index (χ2n) is 10.3. The molecule has 0 saturated heterocycles. The second-order valence-corrected chi connectivity index (χ2v) is 10.3. The molecule has 0 spiro atoms. The van der Waals surface area contributed by atoms with Crippen LogP contribution in [0.2, 0.25) is 0 Å². The third-order valence-corrected chi connectivity index (χ3v) is 7.53. The van der Waals surface area contributed by atoms with E-state index in [-0.39, 0.29) is 47.3 Å². The fourth-order valence-electron chi connectivity index (χ4n) is 5.94. The van der Waals surface area contributed by atoms with Crippen LogP contribution in [-0.4, -0.2) is 23.1 Å². The highest BCUT2D eigenvalue weighted by Crippen LogP contribution is 2.38. The second kappa shape index (κ2) is 11.7. The van der Waals surface area contributed by atoms with Gasteiger partial charge in [0.1, 0.15) is 11.6 Å². The lowest BCUT2D eigenvalue weighted by molar-refractivity contribution is -0.129. The molecule has 186 valence electrons. The molecule has 3 unspecified atom stereocenters. The van der Waals surface area contributed by atoms with Crippen molar-refractivity contribution in [3.63, 3.8) is 0 Å². The molecule has 0 amide bonds. The molecule has 1 aliphatic carbocycles. The SMILES string of the molecule is CCCC(CC1CC(=O)c2c(ccc(-c3cccc(C(C)=O)c3)c2C)C1)C(CC)C(=O)CC(C)=O. The van der Waals surface area contributed by atoms with Gasteiger partial charge >= 0.3 is 0 Å². The molecule has 0 bridgehead atoms. The maximum atomic E-state index is 13.4. The number of ketones is 4. The summed E-state index contributed by atoms with van der Waals surface area (Å²) in [6.07, 6.45) is 4.81. The van der Waals surface area contributed by atoms with E-state index in [9.17, 15) is 19.2 Å². The Morgan fingerprint density at radius 3 is 2.40 bits per heavy atom. The van der Waals surface area contributed by atoms with Gasteiger partial charge in [-0.3, -0.25) is 19.2 Å². The first-order chi connectivity index (χ1) is 16.7. The van der Waals surface area contributed by atoms with Gasteiger partial charge in [0.25, 0.3) is 0 Å². The van der Waals surface area contributed by atoms with E-state index >= 15 is 0 Å². The molecule has 0 aliphatic heterocycles. The molecule has 1 aliphatic rings. The van der Waals surface area contributed by atoms with Gasteiger partial charge in [0.2, 0.25) is 0 Å². The maximum absolute atomic E-state index is 13.4. The van der Waals surface area contributed by atoms with Crippen molar-refractivity contribution in [3.05, 3.63) is 58.7 Å². The fraction of sp³-hybridized carbons (Fsp3) is 0.484. The molecular formula is C31H38O4. The predicted molar refractivity (Wildman–Crippen MR) is 140 cm³/mol. The van der Waals surface area contributed by atoms with E-state index in [0.29, 0.717) is 12.0 Å². The van der Waals surface area contributed by atoms with Crippen LogP contribution in [0.15, 0.2) is 36.4 Å². The Morgan fingerprint density at radius 2 is 1.77 bits per heavy atom. The van der Waals surface area contributed by atoms with Gasteiger partial charge in [-0.05, 0) is 80.2 Å². The van der Waals surface area contributed by atoms with Crippen LogP contribution in [0.3, 0.4) is 0 Å². The smallest absolute Gasteiger partial charge is 0.163 e. The molecular weight excluding hydrogens is 436 g/mol. The lowest BCUT2D eigenvalue weighted by Crippen LogP contribution is -2.29. The van der Waals surface area contributed by atoms with Crippen LogP contribution in [0.4, 0.5) is 0 Å². The van der Waals surface area contributed by atoms with Crippen molar-refractivity contribution < 1.29 is 19.2 Å². The molecule has 0 N–H and O–H groups in total. The number of carbonyl (C=O) groups is 4. The number of rotatable bonds is 11. The lowest BCUT2D eigenvalue weighted by Gasteiger charge is -2.32. The van der Waals surface area contributed by atoms with Gasteiger partial charge in [-0.15, -0.1) is 0 Å². The number of carbonyl (C=O) groups excluding carboxylic acids is 4. The quantitative estimate of drug-likeness (QED) is 0.260. The number of fused-ring (bicyclic) bond motifs is 1. The van der Waals surface area contributed by atoms with E-state index in [1.54, 1.807) is 6.92 Å². The van der Waals surface area contributed by atoms with Crippen molar-refractivity contribution in [2.45, 2.75) is 79.6 Å². The molecule has 3 rings (SSSR count). The van der Waals surface area contributed by atoms with Gasteiger partial charge in [0, 0.05) is 23.5 Å². The van der Waals surface area contributed by atoms with Crippen molar-refractivity contribution >= 4 is 23.1 Å². The monoisotopic (exact) mass is 474 g/mol. The number of hydrogen-bond donors (Lipinski definition) is 0. The van der Waals surface area contributed by atoms with Crippen molar-refractivity contribution in [1.82, 2.24) is 0 Å². The summed E-state index contributed by atoms with van der Waals surface area (Å²) in [6.45, 7) is 9.19. The fourth-order valence-corrected chi connectivity index (χ4v) is 5.94. The summed E-state index contributed by atoms with van der Waals surface area (Å²) in [7, 11) is 0. The molecule has 0 aromatic heterocycles. The minimum atomic E-state index is -0.118. The summed E-state index contributed by atoms with van der Waals surface area (Å²) in [5, 5.41) is 0. The van der Waals surface area contributed by atoms with E-state index < -0.39 is 0 Å². The first-order valence-electron chi connectivity index (χ1n) is 12.9. The highest BCUT2D eigenvalue weighted by Gasteiger charge is 2.33. The molecule has 35 heavy (non-hydrogen) atoms. The summed E-state index contributed by atoms with van der Waals surface area (Å²) in [5.41, 5.74) is 5.47. The molecule has 0 heterocycles. The van der Waals surface area contributed by atoms with Crippen LogP contribution in [0.5, 0.6) is 0 Å². The Hall–Kier alpha value is -2.88. The van der Waals surface area contributed by atoms with E-state index in [4.69, 9.17) is 0 Å².